The van der Waals surface area contributed by atoms with Crippen LogP contribution in [-0.4, -0.2) is 33.8 Å². The topological polar surface area (TPSA) is 71.8 Å². The maximum absolute atomic E-state index is 12.2. The normalized spacial score (nSPS) is 16.1. The number of carbonyl (C=O) groups excluding carboxylic acids is 1. The molecule has 6 nitrogen and oxygen atoms in total. The Morgan fingerprint density at radius 2 is 2.17 bits per heavy atom. The lowest BCUT2D eigenvalue weighted by Gasteiger charge is -2.12. The summed E-state index contributed by atoms with van der Waals surface area (Å²) in [6, 6.07) is 7.83. The van der Waals surface area contributed by atoms with Gasteiger partial charge in [-0.3, -0.25) is 4.79 Å². The third-order valence-corrected chi connectivity index (χ3v) is 4.03. The summed E-state index contributed by atoms with van der Waals surface area (Å²) in [5, 5.41) is 10.5. The van der Waals surface area contributed by atoms with Gasteiger partial charge in [-0.05, 0) is 43.5 Å². The number of para-hydroxylation sites is 1. The molecule has 0 bridgehead atoms. The zero-order chi connectivity index (χ0) is 15.2. The highest BCUT2D eigenvalue weighted by molar-refractivity contribution is 5.91. The van der Waals surface area contributed by atoms with Crippen LogP contribution in [0, 0.1) is 5.92 Å². The van der Waals surface area contributed by atoms with E-state index in [0.29, 0.717) is 18.9 Å². The highest BCUT2D eigenvalue weighted by Crippen LogP contribution is 2.18. The molecule has 8 heteroatoms. The molecule has 2 aromatic rings. The fourth-order valence-corrected chi connectivity index (χ4v) is 2.78. The number of rotatable bonds is 6. The predicted octanol–water partition coefficient (Wildman–Crippen LogP) is 2.50. The SMILES string of the molecule is Cl.Cl.O=C(CCC1CCNC1)Nc1ccccc1Cn1cncn1. The number of nitrogens with zero attached hydrogens (tertiary/aromatic N) is 3. The average Bonchev–Trinajstić information content (AvgIpc) is 3.20. The van der Waals surface area contributed by atoms with E-state index in [2.05, 4.69) is 20.7 Å². The first-order chi connectivity index (χ1) is 10.8. The molecule has 1 fully saturated rings. The highest BCUT2D eigenvalue weighted by Gasteiger charge is 2.16. The monoisotopic (exact) mass is 371 g/mol. The molecule has 1 aromatic heterocycles. The number of amides is 1. The third kappa shape index (κ3) is 5.78. The van der Waals surface area contributed by atoms with Crippen LogP contribution >= 0.6 is 24.8 Å². The minimum atomic E-state index is 0. The first-order valence-corrected chi connectivity index (χ1v) is 7.72. The van der Waals surface area contributed by atoms with E-state index in [1.165, 1.54) is 12.7 Å². The van der Waals surface area contributed by atoms with Crippen LogP contribution in [0.4, 0.5) is 5.69 Å². The fourth-order valence-electron chi connectivity index (χ4n) is 2.78. The van der Waals surface area contributed by atoms with Gasteiger partial charge in [-0.15, -0.1) is 24.8 Å². The second-order valence-electron chi connectivity index (χ2n) is 5.70. The summed E-state index contributed by atoms with van der Waals surface area (Å²) in [5.41, 5.74) is 1.89. The fraction of sp³-hybridized carbons (Fsp3) is 0.438. The highest BCUT2D eigenvalue weighted by atomic mass is 35.5. The number of hydrogen-bond acceptors (Lipinski definition) is 4. The molecular weight excluding hydrogens is 349 g/mol. The van der Waals surface area contributed by atoms with Crippen molar-refractivity contribution >= 4 is 36.4 Å². The lowest BCUT2D eigenvalue weighted by Crippen LogP contribution is -2.16. The third-order valence-electron chi connectivity index (χ3n) is 4.03. The molecule has 1 amide bonds. The Hall–Kier alpha value is -1.63. The molecular formula is C16H23Cl2N5O. The lowest BCUT2D eigenvalue weighted by atomic mass is 10.0. The van der Waals surface area contributed by atoms with Crippen LogP contribution in [0.2, 0.25) is 0 Å². The summed E-state index contributed by atoms with van der Waals surface area (Å²) in [7, 11) is 0. The molecule has 1 unspecified atom stereocenters. The first kappa shape index (κ1) is 20.4. The molecule has 1 aromatic carbocycles. The zero-order valence-corrected chi connectivity index (χ0v) is 15.0. The van der Waals surface area contributed by atoms with Crippen LogP contribution in [0.25, 0.3) is 0 Å². The molecule has 1 saturated heterocycles. The number of halogens is 2. The summed E-state index contributed by atoms with van der Waals surface area (Å²) in [6.07, 6.45) is 5.88. The predicted molar refractivity (Wildman–Crippen MR) is 98.9 cm³/mol. The van der Waals surface area contributed by atoms with E-state index in [4.69, 9.17) is 0 Å². The zero-order valence-electron chi connectivity index (χ0n) is 13.4. The van der Waals surface area contributed by atoms with E-state index in [0.717, 1.165) is 30.8 Å². The van der Waals surface area contributed by atoms with Crippen LogP contribution in [-0.2, 0) is 11.3 Å². The number of hydrogen-bond donors (Lipinski definition) is 2. The molecule has 1 atom stereocenters. The van der Waals surface area contributed by atoms with Gasteiger partial charge in [0.15, 0.2) is 0 Å². The molecule has 1 aliphatic heterocycles. The maximum Gasteiger partial charge on any atom is 0.224 e. The standard InChI is InChI=1S/C16H21N5O.2ClH/c22-16(6-5-13-7-8-17-9-13)20-15-4-2-1-3-14(15)10-21-12-18-11-19-21;;/h1-4,11-13,17H,5-10H2,(H,20,22);2*1H. The van der Waals surface area contributed by atoms with Crippen molar-refractivity contribution in [3.8, 4) is 0 Å². The summed E-state index contributed by atoms with van der Waals surface area (Å²) < 4.78 is 1.75. The van der Waals surface area contributed by atoms with Crippen molar-refractivity contribution in [2.24, 2.45) is 5.92 Å². The minimum absolute atomic E-state index is 0. The Morgan fingerprint density at radius 1 is 1.33 bits per heavy atom. The van der Waals surface area contributed by atoms with E-state index in [1.807, 2.05) is 24.3 Å². The number of nitrogens with one attached hydrogen (secondary N) is 2. The molecule has 1 aliphatic rings. The van der Waals surface area contributed by atoms with Crippen LogP contribution in [0.15, 0.2) is 36.9 Å². The van der Waals surface area contributed by atoms with Crippen molar-refractivity contribution in [1.29, 1.82) is 0 Å². The molecule has 0 saturated carbocycles. The van der Waals surface area contributed by atoms with Gasteiger partial charge < -0.3 is 10.6 Å². The van der Waals surface area contributed by atoms with Gasteiger partial charge in [0.2, 0.25) is 5.91 Å². The van der Waals surface area contributed by atoms with Gasteiger partial charge in [-0.25, -0.2) is 9.67 Å². The largest absolute Gasteiger partial charge is 0.326 e. The Kier molecular flexibility index (Phi) is 8.74. The molecule has 0 aliphatic carbocycles. The van der Waals surface area contributed by atoms with Crippen LogP contribution in [0.3, 0.4) is 0 Å². The molecule has 0 radical (unpaired) electrons. The van der Waals surface area contributed by atoms with E-state index in [9.17, 15) is 4.79 Å². The summed E-state index contributed by atoms with van der Waals surface area (Å²) in [6.45, 7) is 2.71. The van der Waals surface area contributed by atoms with Gasteiger partial charge >= 0.3 is 0 Å². The van der Waals surface area contributed by atoms with Crippen LogP contribution in [0.5, 0.6) is 0 Å². The quantitative estimate of drug-likeness (QED) is 0.817. The molecule has 24 heavy (non-hydrogen) atoms. The molecule has 0 spiro atoms. The summed E-state index contributed by atoms with van der Waals surface area (Å²) in [4.78, 5) is 16.1. The van der Waals surface area contributed by atoms with E-state index < -0.39 is 0 Å². The lowest BCUT2D eigenvalue weighted by molar-refractivity contribution is -0.116. The van der Waals surface area contributed by atoms with Gasteiger partial charge in [0, 0.05) is 12.1 Å². The van der Waals surface area contributed by atoms with Crippen LogP contribution < -0.4 is 10.6 Å². The van der Waals surface area contributed by atoms with Crippen LogP contribution in [0.1, 0.15) is 24.8 Å². The number of carbonyl (C=O) groups is 1. The van der Waals surface area contributed by atoms with E-state index in [1.54, 1.807) is 11.0 Å². The van der Waals surface area contributed by atoms with Crippen molar-refractivity contribution in [3.63, 3.8) is 0 Å². The number of anilines is 1. The van der Waals surface area contributed by atoms with Gasteiger partial charge in [0.05, 0.1) is 6.54 Å². The Morgan fingerprint density at radius 3 is 2.88 bits per heavy atom. The second kappa shape index (κ2) is 10.3. The summed E-state index contributed by atoms with van der Waals surface area (Å²) in [5.74, 6) is 0.717. The van der Waals surface area contributed by atoms with Crippen molar-refractivity contribution in [2.75, 3.05) is 18.4 Å². The Bertz CT molecular complexity index is 615. The van der Waals surface area contributed by atoms with Crippen molar-refractivity contribution in [2.45, 2.75) is 25.8 Å². The molecule has 132 valence electrons. The van der Waals surface area contributed by atoms with E-state index >= 15 is 0 Å². The molecule has 2 heterocycles. The Balaban J connectivity index is 0.00000144. The van der Waals surface area contributed by atoms with Crippen molar-refractivity contribution in [3.05, 3.63) is 42.5 Å². The molecule has 3 rings (SSSR count). The number of benzene rings is 1. The minimum Gasteiger partial charge on any atom is -0.326 e. The van der Waals surface area contributed by atoms with Gasteiger partial charge in [-0.2, -0.15) is 5.10 Å². The van der Waals surface area contributed by atoms with Gasteiger partial charge in [-0.1, -0.05) is 18.2 Å². The van der Waals surface area contributed by atoms with Gasteiger partial charge in [0.1, 0.15) is 12.7 Å². The average molecular weight is 372 g/mol. The van der Waals surface area contributed by atoms with Crippen molar-refractivity contribution < 1.29 is 4.79 Å². The van der Waals surface area contributed by atoms with E-state index in [-0.39, 0.29) is 30.7 Å². The maximum atomic E-state index is 12.2. The van der Waals surface area contributed by atoms with Gasteiger partial charge in [0.25, 0.3) is 0 Å². The second-order valence-corrected chi connectivity index (χ2v) is 5.70. The Labute approximate surface area is 154 Å². The number of aromatic nitrogens is 3. The van der Waals surface area contributed by atoms with Crippen molar-refractivity contribution in [1.82, 2.24) is 20.1 Å². The summed E-state index contributed by atoms with van der Waals surface area (Å²) >= 11 is 0. The molecule has 2 N–H and O–H groups in total. The first-order valence-electron chi connectivity index (χ1n) is 7.72. The smallest absolute Gasteiger partial charge is 0.224 e.